The number of rotatable bonds is 50. The van der Waals surface area contributed by atoms with Crippen LogP contribution in [0.15, 0.2) is 15.0 Å². The summed E-state index contributed by atoms with van der Waals surface area (Å²) in [6.45, 7) is -0.553. The molecule has 49 nitrogen and oxygen atoms in total. The molecule has 101 heavy (non-hydrogen) atoms. The van der Waals surface area contributed by atoms with Gasteiger partial charge >= 0.3 is 47.8 Å². The van der Waals surface area contributed by atoms with Crippen molar-refractivity contribution in [3.05, 3.63) is 0 Å². The van der Waals surface area contributed by atoms with Crippen LogP contribution < -0.4 is 98.6 Å². The molecule has 49 heteroatoms. The van der Waals surface area contributed by atoms with Crippen LogP contribution >= 0.6 is 0 Å². The molecule has 0 aromatic rings. The van der Waals surface area contributed by atoms with E-state index < -0.39 is 237 Å². The quantitative estimate of drug-likeness (QED) is 0.0153. The number of hydrogen-bond acceptors (Lipinski definition) is 24. The fraction of sp³-hybridized carbons (Fsp3) is 0.577. The van der Waals surface area contributed by atoms with Gasteiger partial charge in [0.05, 0.1) is 57.6 Å². The van der Waals surface area contributed by atoms with Crippen molar-refractivity contribution in [2.24, 2.45) is 55.1 Å². The molecule has 34 N–H and O–H groups in total. The fourth-order valence-corrected chi connectivity index (χ4v) is 8.20. The van der Waals surface area contributed by atoms with Crippen molar-refractivity contribution in [3.63, 3.8) is 0 Å². The van der Waals surface area contributed by atoms with Gasteiger partial charge in [0.25, 0.3) is 0 Å². The van der Waals surface area contributed by atoms with E-state index in [4.69, 9.17) is 45.2 Å². The van der Waals surface area contributed by atoms with Gasteiger partial charge < -0.3 is 145 Å². The molecule has 0 spiro atoms. The second-order valence-electron chi connectivity index (χ2n) is 21.5. The average Bonchev–Trinajstić information content (AvgIpc) is 0.863. The lowest BCUT2D eigenvalue weighted by Crippen LogP contribution is -2.61. The highest BCUT2D eigenvalue weighted by molar-refractivity contribution is 6.02. The summed E-state index contributed by atoms with van der Waals surface area (Å²) in [7, 11) is 0. The molecule has 0 fully saturated rings. The molecule has 0 aliphatic rings. The van der Waals surface area contributed by atoms with E-state index in [0.29, 0.717) is 0 Å². The van der Waals surface area contributed by atoms with Gasteiger partial charge in [0.1, 0.15) is 66.5 Å². The first-order valence-corrected chi connectivity index (χ1v) is 29.6. The molecule has 0 saturated carbocycles. The second-order valence-corrected chi connectivity index (χ2v) is 21.5. The van der Waals surface area contributed by atoms with Gasteiger partial charge in [0.2, 0.25) is 65.0 Å². The number of aliphatic carboxylic acids is 8. The lowest BCUT2D eigenvalue weighted by atomic mass is 10.1. The molecular weight excluding hydrogens is 1370 g/mol. The Morgan fingerprint density at radius 2 is 0.495 bits per heavy atom. The van der Waals surface area contributed by atoms with Crippen molar-refractivity contribution in [2.75, 3.05) is 26.2 Å². The van der Waals surface area contributed by atoms with Crippen molar-refractivity contribution in [3.8, 4) is 0 Å². The molecule has 0 aromatic carbocycles. The van der Waals surface area contributed by atoms with E-state index in [1.807, 2.05) is 10.6 Å². The maximum absolute atomic E-state index is 13.9. The topological polar surface area (TPSA) is 858 Å². The predicted octanol–water partition coefficient (Wildman–Crippen LogP) is -13.8. The molecule has 0 radical (unpaired) electrons. The van der Waals surface area contributed by atoms with Gasteiger partial charge in [-0.3, -0.25) is 101 Å². The standard InChI is InChI=1S/C52H83N21O28/c1-19(63-40(91)21(6-3-9-61-51(56)57)65-41(92)22(7-4-10-62-52(58)59)64-39(90)20(53)5-2-8-60-50(54)55)38(89)66-23(11-31(75)76)42(93)70-28(16-36(85)86)47(98)73-30(18-74)48(99)71-26(14-34(81)82)45(96)68-24(12-32(77)78)43(94)67-25(13-33(79)80)44(95)69-27(15-35(83)84)46(97)72-29(49(100)101)17-37(87)88/h19-30,74H,2-18,53H2,1H3,(H,63,91)(H,64,90)(H,65,92)(H,66,89)(H,67,94)(H,68,96)(H,69,95)(H,70,93)(H,71,99)(H,72,97)(H,73,98)(H,75,76)(H,77,78)(H,79,80)(H,81,82)(H,83,84)(H,85,86)(H,87,88)(H,100,101)(H4,54,55,60)(H4,56,57,61)(H4,58,59,62)/t19-,20-,21-,22-,23-,24-,25-,26-,27-,28-,29-,30-/m0/s1. The second kappa shape index (κ2) is 45.2. The summed E-state index contributed by atoms with van der Waals surface area (Å²) < 4.78 is 0. The minimum absolute atomic E-state index is 0.0250. The third-order valence-electron chi connectivity index (χ3n) is 13.1. The first-order valence-electron chi connectivity index (χ1n) is 29.6. The Morgan fingerprint density at radius 1 is 0.287 bits per heavy atom. The molecule has 564 valence electrons. The normalized spacial score (nSPS) is 14.2. The zero-order chi connectivity index (χ0) is 77.6. The summed E-state index contributed by atoms with van der Waals surface area (Å²) in [6.07, 6.45) is -10.0. The first kappa shape index (κ1) is 88.7. The van der Waals surface area contributed by atoms with Gasteiger partial charge in [-0.05, 0) is 45.4 Å². The van der Waals surface area contributed by atoms with E-state index in [-0.39, 0.29) is 76.0 Å². The number of nitrogens with two attached hydrogens (primary N) is 7. The Kier molecular flexibility index (Phi) is 39.7. The monoisotopic (exact) mass is 1450 g/mol. The summed E-state index contributed by atoms with van der Waals surface area (Å²) in [5.74, 6) is -32.3. The molecule has 0 heterocycles. The number of aliphatic hydroxyl groups is 1. The number of nitrogens with zero attached hydrogens (tertiary/aromatic N) is 3. The van der Waals surface area contributed by atoms with Crippen LogP contribution in [0.3, 0.4) is 0 Å². The van der Waals surface area contributed by atoms with Crippen LogP contribution in [0, 0.1) is 0 Å². The lowest BCUT2D eigenvalue weighted by Gasteiger charge is -2.27. The minimum Gasteiger partial charge on any atom is -0.481 e. The summed E-state index contributed by atoms with van der Waals surface area (Å²) >= 11 is 0. The highest BCUT2D eigenvalue weighted by Gasteiger charge is 2.39. The van der Waals surface area contributed by atoms with Crippen LogP contribution in [0.2, 0.25) is 0 Å². The van der Waals surface area contributed by atoms with Crippen molar-refractivity contribution in [1.82, 2.24) is 58.5 Å². The molecule has 0 aliphatic heterocycles. The number of carbonyl (C=O) groups excluding carboxylic acids is 11. The zero-order valence-electron chi connectivity index (χ0n) is 53.6. The van der Waals surface area contributed by atoms with Gasteiger partial charge in [-0.15, -0.1) is 0 Å². The van der Waals surface area contributed by atoms with Crippen LogP contribution in [0.5, 0.6) is 0 Å². The molecular formula is C52H83N21O28. The molecule has 0 saturated heterocycles. The number of aliphatic hydroxyl groups excluding tert-OH is 1. The number of carboxylic acid groups (broad SMARTS) is 8. The molecule has 0 rings (SSSR count). The Bertz CT molecular complexity index is 3140. The molecule has 0 aromatic heterocycles. The lowest BCUT2D eigenvalue weighted by molar-refractivity contribution is -0.148. The van der Waals surface area contributed by atoms with Crippen LogP contribution in [0.4, 0.5) is 0 Å². The molecule has 0 aliphatic carbocycles. The van der Waals surface area contributed by atoms with E-state index in [1.165, 1.54) is 0 Å². The smallest absolute Gasteiger partial charge is 0.326 e. The molecule has 0 bridgehead atoms. The van der Waals surface area contributed by atoms with E-state index in [0.717, 1.165) is 6.92 Å². The SMILES string of the molecule is C[C@H](NC(=O)[C@H](CCCN=C(N)N)NC(=O)[C@H](CCCN=C(N)N)NC(=O)[C@@H](N)CCCN=C(N)N)C(=O)N[C@@H](CC(=O)O)C(=O)N[C@@H](CC(=O)O)C(=O)N[C@@H](CO)C(=O)N[C@@H](CC(=O)O)C(=O)N[C@@H](CC(=O)O)C(=O)N[C@@H](CC(=O)O)C(=O)N[C@@H](CC(=O)O)C(=O)N[C@@H](CC(=O)O)C(=O)O. The Hall–Kier alpha value is -12.3. The summed E-state index contributed by atoms with van der Waals surface area (Å²) in [6, 6.07) is -25.0. The summed E-state index contributed by atoms with van der Waals surface area (Å²) in [5, 5.41) is 107. The van der Waals surface area contributed by atoms with Gasteiger partial charge in [-0.2, -0.15) is 0 Å². The zero-order valence-corrected chi connectivity index (χ0v) is 53.6. The Labute approximate surface area is 569 Å². The number of hydrogen-bond donors (Lipinski definition) is 27. The number of aliphatic imine (C=N–C) groups is 3. The third-order valence-corrected chi connectivity index (χ3v) is 13.1. The van der Waals surface area contributed by atoms with Gasteiger partial charge in [-0.25, -0.2) is 4.79 Å². The van der Waals surface area contributed by atoms with Crippen LogP contribution in [0.1, 0.15) is 90.4 Å². The average molecular weight is 1450 g/mol. The summed E-state index contributed by atoms with van der Waals surface area (Å²) in [5.41, 5.74) is 38.3. The minimum atomic E-state index is -2.49. The number of guanidine groups is 3. The summed E-state index contributed by atoms with van der Waals surface area (Å²) in [4.78, 5) is 254. The van der Waals surface area contributed by atoms with E-state index in [1.54, 1.807) is 31.9 Å². The number of nitrogens with one attached hydrogen (secondary N) is 11. The largest absolute Gasteiger partial charge is 0.481 e. The number of carboxylic acids is 8. The maximum atomic E-state index is 13.9. The van der Waals surface area contributed by atoms with E-state index in [2.05, 4.69) is 30.9 Å². The number of carbonyl (C=O) groups is 19. The highest BCUT2D eigenvalue weighted by Crippen LogP contribution is 2.10. The first-order chi connectivity index (χ1) is 47.0. The van der Waals surface area contributed by atoms with Gasteiger partial charge in [0.15, 0.2) is 17.9 Å². The molecule has 12 atom stereocenters. The van der Waals surface area contributed by atoms with Crippen molar-refractivity contribution >= 4 is 131 Å². The Morgan fingerprint density at radius 3 is 0.762 bits per heavy atom. The fourth-order valence-electron chi connectivity index (χ4n) is 8.20. The van der Waals surface area contributed by atoms with Crippen molar-refractivity contribution in [1.29, 1.82) is 0 Å². The molecule has 11 amide bonds. The van der Waals surface area contributed by atoms with Gasteiger partial charge in [0, 0.05) is 19.6 Å². The number of amides is 11. The Balaban J connectivity index is 6.81. The molecule has 0 unspecified atom stereocenters. The highest BCUT2D eigenvalue weighted by atomic mass is 16.4. The van der Waals surface area contributed by atoms with Crippen molar-refractivity contribution < 1.29 is 137 Å². The maximum Gasteiger partial charge on any atom is 0.326 e. The predicted molar refractivity (Wildman–Crippen MR) is 335 cm³/mol. The third kappa shape index (κ3) is 37.7. The van der Waals surface area contributed by atoms with E-state index in [9.17, 15) is 132 Å². The van der Waals surface area contributed by atoms with Crippen LogP contribution in [-0.4, -0.2) is 275 Å². The van der Waals surface area contributed by atoms with Gasteiger partial charge in [-0.1, -0.05) is 0 Å². The van der Waals surface area contributed by atoms with E-state index >= 15 is 0 Å². The van der Waals surface area contributed by atoms with Crippen LogP contribution in [-0.2, 0) is 91.1 Å². The van der Waals surface area contributed by atoms with Crippen LogP contribution in [0.25, 0.3) is 0 Å². The van der Waals surface area contributed by atoms with Crippen molar-refractivity contribution in [2.45, 2.75) is 163 Å².